The van der Waals surface area contributed by atoms with Crippen LogP contribution in [0.2, 0.25) is 0 Å². The van der Waals surface area contributed by atoms with Crippen molar-refractivity contribution >= 4 is 39.0 Å². The number of nitrogens with zero attached hydrogens (tertiary/aromatic N) is 1. The predicted molar refractivity (Wildman–Crippen MR) is 87.9 cm³/mol. The van der Waals surface area contributed by atoms with Gasteiger partial charge in [-0.25, -0.2) is 4.98 Å². The molecule has 102 valence electrons. The van der Waals surface area contributed by atoms with E-state index in [0.29, 0.717) is 0 Å². The summed E-state index contributed by atoms with van der Waals surface area (Å²) in [5.74, 6) is 0. The van der Waals surface area contributed by atoms with Gasteiger partial charge in [-0.15, -0.1) is 11.3 Å². The number of rotatable bonds is 5. The molecule has 1 heterocycles. The van der Waals surface area contributed by atoms with Gasteiger partial charge in [0.1, 0.15) is 0 Å². The van der Waals surface area contributed by atoms with Crippen molar-refractivity contribution < 1.29 is 0 Å². The minimum absolute atomic E-state index is 0.135. The SMILES string of the molecule is CCC(N)C(Sc1nc(C)cs1)c1ccc(Br)cc1. The summed E-state index contributed by atoms with van der Waals surface area (Å²) in [6, 6.07) is 8.54. The van der Waals surface area contributed by atoms with Crippen molar-refractivity contribution in [1.29, 1.82) is 0 Å². The Morgan fingerprint density at radius 1 is 1.37 bits per heavy atom. The zero-order valence-electron chi connectivity index (χ0n) is 11.0. The molecule has 5 heteroatoms. The van der Waals surface area contributed by atoms with Gasteiger partial charge in [-0.05, 0) is 31.0 Å². The van der Waals surface area contributed by atoms with E-state index in [1.54, 1.807) is 23.1 Å². The summed E-state index contributed by atoms with van der Waals surface area (Å²) in [7, 11) is 0. The van der Waals surface area contributed by atoms with Crippen LogP contribution in [0.15, 0.2) is 38.5 Å². The Kier molecular flexibility index (Phi) is 5.45. The molecule has 0 saturated carbocycles. The molecule has 2 rings (SSSR count). The first-order valence-electron chi connectivity index (χ1n) is 6.20. The molecule has 2 N–H and O–H groups in total. The van der Waals surface area contributed by atoms with E-state index >= 15 is 0 Å². The van der Waals surface area contributed by atoms with Crippen molar-refractivity contribution in [3.63, 3.8) is 0 Å². The van der Waals surface area contributed by atoms with E-state index in [1.807, 2.05) is 6.92 Å². The summed E-state index contributed by atoms with van der Waals surface area (Å²) in [5.41, 5.74) is 8.62. The van der Waals surface area contributed by atoms with E-state index in [4.69, 9.17) is 5.73 Å². The fourth-order valence-corrected chi connectivity index (χ4v) is 4.30. The van der Waals surface area contributed by atoms with Crippen LogP contribution in [-0.4, -0.2) is 11.0 Å². The lowest BCUT2D eigenvalue weighted by Gasteiger charge is -2.21. The second kappa shape index (κ2) is 6.88. The Morgan fingerprint density at radius 3 is 2.58 bits per heavy atom. The molecule has 2 unspecified atom stereocenters. The van der Waals surface area contributed by atoms with E-state index in [0.717, 1.165) is 20.9 Å². The van der Waals surface area contributed by atoms with Gasteiger partial charge in [0, 0.05) is 21.6 Å². The van der Waals surface area contributed by atoms with Gasteiger partial charge in [0.05, 0.1) is 5.25 Å². The quantitative estimate of drug-likeness (QED) is 0.783. The number of thioether (sulfide) groups is 1. The van der Waals surface area contributed by atoms with Crippen molar-refractivity contribution in [3.8, 4) is 0 Å². The minimum Gasteiger partial charge on any atom is -0.326 e. The zero-order valence-corrected chi connectivity index (χ0v) is 14.2. The molecule has 0 saturated heterocycles. The zero-order chi connectivity index (χ0) is 13.8. The Labute approximate surface area is 131 Å². The fourth-order valence-electron chi connectivity index (χ4n) is 1.76. The summed E-state index contributed by atoms with van der Waals surface area (Å²) in [4.78, 5) is 4.53. The highest BCUT2D eigenvalue weighted by molar-refractivity contribution is 9.10. The number of hydrogen-bond donors (Lipinski definition) is 1. The number of nitrogens with two attached hydrogens (primary N) is 1. The molecule has 0 aliphatic carbocycles. The van der Waals surface area contributed by atoms with Crippen molar-refractivity contribution in [2.45, 2.75) is 35.9 Å². The Balaban J connectivity index is 2.23. The third-order valence-corrected chi connectivity index (χ3v) is 5.91. The lowest BCUT2D eigenvalue weighted by Crippen LogP contribution is -2.25. The average molecular weight is 357 g/mol. The lowest BCUT2D eigenvalue weighted by atomic mass is 10.0. The summed E-state index contributed by atoms with van der Waals surface area (Å²) in [6.07, 6.45) is 0.956. The molecule has 1 aromatic carbocycles. The largest absolute Gasteiger partial charge is 0.326 e. The Morgan fingerprint density at radius 2 is 2.05 bits per heavy atom. The van der Waals surface area contributed by atoms with Crippen LogP contribution in [0.25, 0.3) is 0 Å². The highest BCUT2D eigenvalue weighted by Gasteiger charge is 2.21. The molecule has 2 aromatic rings. The van der Waals surface area contributed by atoms with Crippen LogP contribution >= 0.6 is 39.0 Å². The van der Waals surface area contributed by atoms with Crippen LogP contribution in [-0.2, 0) is 0 Å². The van der Waals surface area contributed by atoms with Gasteiger partial charge in [-0.3, -0.25) is 0 Å². The van der Waals surface area contributed by atoms with Gasteiger partial charge >= 0.3 is 0 Å². The van der Waals surface area contributed by atoms with Gasteiger partial charge in [0.15, 0.2) is 4.34 Å². The number of hydrogen-bond acceptors (Lipinski definition) is 4. The third kappa shape index (κ3) is 4.05. The van der Waals surface area contributed by atoms with E-state index in [1.165, 1.54) is 5.56 Å². The van der Waals surface area contributed by atoms with E-state index in [-0.39, 0.29) is 11.3 Å². The molecule has 0 aliphatic heterocycles. The lowest BCUT2D eigenvalue weighted by molar-refractivity contribution is 0.634. The maximum absolute atomic E-state index is 6.29. The highest BCUT2D eigenvalue weighted by Crippen LogP contribution is 2.39. The monoisotopic (exact) mass is 356 g/mol. The van der Waals surface area contributed by atoms with Gasteiger partial charge in [-0.2, -0.15) is 0 Å². The molecule has 0 bridgehead atoms. The van der Waals surface area contributed by atoms with Gasteiger partial charge in [-0.1, -0.05) is 46.7 Å². The number of thiazole rings is 1. The predicted octanol–water partition coefficient (Wildman–Crippen LogP) is 4.78. The van der Waals surface area contributed by atoms with Gasteiger partial charge in [0.2, 0.25) is 0 Å². The fraction of sp³-hybridized carbons (Fsp3) is 0.357. The molecule has 0 amide bonds. The van der Waals surface area contributed by atoms with Crippen molar-refractivity contribution in [3.05, 3.63) is 45.4 Å². The molecular formula is C14H17BrN2S2. The van der Waals surface area contributed by atoms with Crippen LogP contribution in [0.5, 0.6) is 0 Å². The molecular weight excluding hydrogens is 340 g/mol. The third-order valence-electron chi connectivity index (χ3n) is 2.88. The molecule has 0 radical (unpaired) electrons. The van der Waals surface area contributed by atoms with Crippen LogP contribution < -0.4 is 5.73 Å². The molecule has 2 nitrogen and oxygen atoms in total. The van der Waals surface area contributed by atoms with Gasteiger partial charge in [0.25, 0.3) is 0 Å². The number of aryl methyl sites for hydroxylation is 1. The van der Waals surface area contributed by atoms with Crippen LogP contribution in [0.1, 0.15) is 29.9 Å². The van der Waals surface area contributed by atoms with Crippen LogP contribution in [0.4, 0.5) is 0 Å². The Bertz CT molecular complexity index is 524. The van der Waals surface area contributed by atoms with Crippen molar-refractivity contribution in [2.75, 3.05) is 0 Å². The molecule has 0 aliphatic rings. The smallest absolute Gasteiger partial charge is 0.150 e. The average Bonchev–Trinajstić information content (AvgIpc) is 2.82. The molecule has 0 spiro atoms. The second-order valence-electron chi connectivity index (χ2n) is 4.42. The maximum Gasteiger partial charge on any atom is 0.150 e. The number of benzene rings is 1. The molecule has 2 atom stereocenters. The summed E-state index contributed by atoms with van der Waals surface area (Å²) < 4.78 is 2.18. The molecule has 19 heavy (non-hydrogen) atoms. The normalized spacial score (nSPS) is 14.3. The summed E-state index contributed by atoms with van der Waals surface area (Å²) in [6.45, 7) is 4.15. The first kappa shape index (κ1) is 15.0. The topological polar surface area (TPSA) is 38.9 Å². The second-order valence-corrected chi connectivity index (χ2v) is 7.58. The van der Waals surface area contributed by atoms with E-state index in [2.05, 4.69) is 57.5 Å². The Hall–Kier alpha value is -0.360. The van der Waals surface area contributed by atoms with Gasteiger partial charge < -0.3 is 5.73 Å². The first-order valence-corrected chi connectivity index (χ1v) is 8.75. The maximum atomic E-state index is 6.29. The number of halogens is 1. The first-order chi connectivity index (χ1) is 9.10. The van der Waals surface area contributed by atoms with Crippen molar-refractivity contribution in [1.82, 2.24) is 4.98 Å². The van der Waals surface area contributed by atoms with Crippen molar-refractivity contribution in [2.24, 2.45) is 5.73 Å². The summed E-state index contributed by atoms with van der Waals surface area (Å²) >= 11 is 6.93. The summed E-state index contributed by atoms with van der Waals surface area (Å²) in [5, 5.41) is 2.34. The molecule has 1 aromatic heterocycles. The van der Waals surface area contributed by atoms with E-state index < -0.39 is 0 Å². The minimum atomic E-state index is 0.135. The highest BCUT2D eigenvalue weighted by atomic mass is 79.9. The van der Waals surface area contributed by atoms with E-state index in [9.17, 15) is 0 Å². The van der Waals surface area contributed by atoms with Crippen LogP contribution in [0, 0.1) is 6.92 Å². The number of aromatic nitrogens is 1. The molecule has 0 fully saturated rings. The van der Waals surface area contributed by atoms with Crippen LogP contribution in [0.3, 0.4) is 0 Å². The standard InChI is InChI=1S/C14H17BrN2S2/c1-3-12(16)13(10-4-6-11(15)7-5-10)19-14-17-9(2)8-18-14/h4-8,12-13H,3,16H2,1-2H3.